The minimum absolute atomic E-state index is 0.0513. The second-order valence-electron chi connectivity index (χ2n) is 10.1. The molecule has 29 heavy (non-hydrogen) atoms. The van der Waals surface area contributed by atoms with Gasteiger partial charge in [0, 0.05) is 37.2 Å². The van der Waals surface area contributed by atoms with Crippen LogP contribution in [-0.2, 0) is 16.1 Å². The SMILES string of the molecule is CN1c2ccccc2[C@@H](N[S+]([O-])C(C)(C)C)C12CCN(C(=O)OC(C)(C)C)CC2. The number of para-hydroxylation sites is 1. The first-order chi connectivity index (χ1) is 13.3. The number of benzene rings is 1. The molecule has 1 aromatic rings. The van der Waals surface area contributed by atoms with E-state index < -0.39 is 17.0 Å². The van der Waals surface area contributed by atoms with Crippen LogP contribution in [0.2, 0.25) is 0 Å². The molecule has 0 aliphatic carbocycles. The van der Waals surface area contributed by atoms with Gasteiger partial charge in [0.1, 0.15) is 16.4 Å². The Hall–Kier alpha value is -1.44. The zero-order valence-corrected chi connectivity index (χ0v) is 19.6. The van der Waals surface area contributed by atoms with Crippen molar-refractivity contribution in [3.8, 4) is 0 Å². The molecule has 2 atom stereocenters. The number of fused-ring (bicyclic) bond motifs is 1. The molecule has 1 amide bonds. The highest BCUT2D eigenvalue weighted by molar-refractivity contribution is 7.90. The number of anilines is 1. The Morgan fingerprint density at radius 3 is 2.31 bits per heavy atom. The van der Waals surface area contributed by atoms with Crippen molar-refractivity contribution in [1.82, 2.24) is 9.62 Å². The Balaban J connectivity index is 1.84. The summed E-state index contributed by atoms with van der Waals surface area (Å²) in [6.45, 7) is 12.9. The molecule has 1 fully saturated rings. The van der Waals surface area contributed by atoms with Crippen LogP contribution >= 0.6 is 0 Å². The fraction of sp³-hybridized carbons (Fsp3) is 0.682. The average molecular weight is 422 g/mol. The summed E-state index contributed by atoms with van der Waals surface area (Å²) < 4.78 is 21.6. The number of hydrogen-bond acceptors (Lipinski definition) is 5. The standard InChI is InChI=1S/C22H35N3O3S/c1-20(2,3)28-19(26)25-14-12-22(13-15-25)18(23-29(27)21(4,5)6)16-10-8-9-11-17(16)24(22)7/h8-11,18,23H,12-15H2,1-7H3/t18-,29?/m1/s1. The molecule has 6 nitrogen and oxygen atoms in total. The summed E-state index contributed by atoms with van der Waals surface area (Å²) in [5, 5.41) is 0. The van der Waals surface area contributed by atoms with Gasteiger partial charge in [-0.15, -0.1) is 4.72 Å². The molecule has 0 saturated carbocycles. The van der Waals surface area contributed by atoms with Crippen molar-refractivity contribution in [2.24, 2.45) is 0 Å². The Labute approximate surface area is 178 Å². The maximum atomic E-state index is 13.0. The zero-order chi connectivity index (χ0) is 21.6. The molecule has 0 aromatic heterocycles. The number of carbonyl (C=O) groups excluding carboxylic acids is 1. The number of piperidine rings is 1. The van der Waals surface area contributed by atoms with Crippen molar-refractivity contribution in [1.29, 1.82) is 0 Å². The first kappa shape index (κ1) is 22.2. The third-order valence-electron chi connectivity index (χ3n) is 5.88. The highest BCUT2D eigenvalue weighted by Gasteiger charge is 2.54. The molecule has 1 aromatic carbocycles. The molecule has 1 unspecified atom stereocenters. The normalized spacial score (nSPS) is 22.6. The van der Waals surface area contributed by atoms with E-state index in [9.17, 15) is 9.35 Å². The summed E-state index contributed by atoms with van der Waals surface area (Å²) in [5.41, 5.74) is 1.63. The van der Waals surface area contributed by atoms with Crippen molar-refractivity contribution in [2.75, 3.05) is 25.0 Å². The van der Waals surface area contributed by atoms with Crippen LogP contribution in [0.5, 0.6) is 0 Å². The van der Waals surface area contributed by atoms with E-state index in [-0.39, 0.29) is 22.4 Å². The predicted octanol–water partition coefficient (Wildman–Crippen LogP) is 4.00. The second kappa shape index (κ2) is 7.67. The molecule has 2 heterocycles. The summed E-state index contributed by atoms with van der Waals surface area (Å²) in [6, 6.07) is 8.28. The topological polar surface area (TPSA) is 67.9 Å². The molecule has 7 heteroatoms. The van der Waals surface area contributed by atoms with Crippen molar-refractivity contribution in [3.05, 3.63) is 29.8 Å². The lowest BCUT2D eigenvalue weighted by molar-refractivity contribution is 0.0154. The number of amides is 1. The molecule has 1 N–H and O–H groups in total. The number of rotatable bonds is 2. The summed E-state index contributed by atoms with van der Waals surface area (Å²) >= 11 is -1.19. The minimum Gasteiger partial charge on any atom is -0.598 e. The second-order valence-corrected chi connectivity index (χ2v) is 12.1. The van der Waals surface area contributed by atoms with E-state index in [1.807, 2.05) is 53.7 Å². The van der Waals surface area contributed by atoms with Gasteiger partial charge in [-0.3, -0.25) is 0 Å². The van der Waals surface area contributed by atoms with Crippen molar-refractivity contribution in [3.63, 3.8) is 0 Å². The maximum absolute atomic E-state index is 13.0. The Bertz CT molecular complexity index is 748. The van der Waals surface area contributed by atoms with Gasteiger partial charge in [-0.25, -0.2) is 4.79 Å². The fourth-order valence-electron chi connectivity index (χ4n) is 4.24. The lowest BCUT2D eigenvalue weighted by Gasteiger charge is -2.47. The lowest BCUT2D eigenvalue weighted by Crippen LogP contribution is -2.59. The van der Waals surface area contributed by atoms with E-state index in [2.05, 4.69) is 28.8 Å². The first-order valence-corrected chi connectivity index (χ1v) is 11.5. The minimum atomic E-state index is -1.19. The lowest BCUT2D eigenvalue weighted by atomic mass is 9.80. The number of likely N-dealkylation sites (N-methyl/N-ethyl adjacent to an activating group) is 1. The van der Waals surface area contributed by atoms with Crippen LogP contribution in [0.25, 0.3) is 0 Å². The highest BCUT2D eigenvalue weighted by Crippen LogP contribution is 2.51. The Kier molecular flexibility index (Phi) is 5.89. The molecule has 3 rings (SSSR count). The Morgan fingerprint density at radius 2 is 1.76 bits per heavy atom. The number of ether oxygens (including phenoxy) is 1. The molecule has 1 saturated heterocycles. The fourth-order valence-corrected chi connectivity index (χ4v) is 5.16. The number of carbonyl (C=O) groups is 1. The number of nitrogens with zero attached hydrogens (tertiary/aromatic N) is 2. The van der Waals surface area contributed by atoms with Crippen molar-refractivity contribution >= 4 is 23.1 Å². The molecule has 162 valence electrons. The van der Waals surface area contributed by atoms with Crippen LogP contribution in [0.3, 0.4) is 0 Å². The van der Waals surface area contributed by atoms with Gasteiger partial charge in [0.05, 0.1) is 5.54 Å². The van der Waals surface area contributed by atoms with Gasteiger partial charge in [-0.2, -0.15) is 0 Å². The van der Waals surface area contributed by atoms with E-state index in [4.69, 9.17) is 4.74 Å². The number of hydrogen-bond donors (Lipinski definition) is 1. The van der Waals surface area contributed by atoms with Gasteiger partial charge in [-0.05, 0) is 66.0 Å². The third kappa shape index (κ3) is 4.37. The maximum Gasteiger partial charge on any atom is 0.410 e. The quantitative estimate of drug-likeness (QED) is 0.731. The Morgan fingerprint density at radius 1 is 1.17 bits per heavy atom. The molecular formula is C22H35N3O3S. The molecule has 2 aliphatic rings. The van der Waals surface area contributed by atoms with Crippen LogP contribution in [0, 0.1) is 0 Å². The first-order valence-electron chi connectivity index (χ1n) is 10.3. The van der Waals surface area contributed by atoms with Gasteiger partial charge in [0.2, 0.25) is 0 Å². The van der Waals surface area contributed by atoms with Gasteiger partial charge in [-0.1, -0.05) is 18.2 Å². The molecule has 2 aliphatic heterocycles. The summed E-state index contributed by atoms with van der Waals surface area (Å²) in [6.07, 6.45) is 1.32. The van der Waals surface area contributed by atoms with Crippen LogP contribution in [0.15, 0.2) is 24.3 Å². The van der Waals surface area contributed by atoms with E-state index in [1.165, 1.54) is 11.3 Å². The predicted molar refractivity (Wildman–Crippen MR) is 118 cm³/mol. The molecule has 1 spiro atoms. The van der Waals surface area contributed by atoms with Gasteiger partial charge in [0.15, 0.2) is 0 Å². The van der Waals surface area contributed by atoms with E-state index in [0.29, 0.717) is 13.1 Å². The van der Waals surface area contributed by atoms with Gasteiger partial charge < -0.3 is 19.1 Å². The number of nitrogens with one attached hydrogen (secondary N) is 1. The monoisotopic (exact) mass is 421 g/mol. The zero-order valence-electron chi connectivity index (χ0n) is 18.7. The van der Waals surface area contributed by atoms with Crippen LogP contribution in [0.1, 0.15) is 66.0 Å². The highest BCUT2D eigenvalue weighted by atomic mass is 32.2. The van der Waals surface area contributed by atoms with Crippen molar-refractivity contribution in [2.45, 2.75) is 76.3 Å². The summed E-state index contributed by atoms with van der Waals surface area (Å²) in [7, 11) is 2.11. The van der Waals surface area contributed by atoms with E-state index in [1.54, 1.807) is 4.90 Å². The third-order valence-corrected chi connectivity index (χ3v) is 7.44. The summed E-state index contributed by atoms with van der Waals surface area (Å²) in [4.78, 5) is 16.7. The number of likely N-dealkylation sites (tertiary alicyclic amines) is 1. The van der Waals surface area contributed by atoms with Crippen LogP contribution in [0.4, 0.5) is 10.5 Å². The van der Waals surface area contributed by atoms with E-state index in [0.717, 1.165) is 12.8 Å². The molecule has 0 bridgehead atoms. The van der Waals surface area contributed by atoms with E-state index >= 15 is 0 Å². The van der Waals surface area contributed by atoms with Crippen LogP contribution in [-0.4, -0.2) is 51.6 Å². The van der Waals surface area contributed by atoms with Crippen molar-refractivity contribution < 1.29 is 14.1 Å². The largest absolute Gasteiger partial charge is 0.598 e. The molecule has 0 radical (unpaired) electrons. The van der Waals surface area contributed by atoms with Gasteiger partial charge in [0.25, 0.3) is 0 Å². The van der Waals surface area contributed by atoms with Gasteiger partial charge >= 0.3 is 6.09 Å². The average Bonchev–Trinajstić information content (AvgIpc) is 2.83. The molecular weight excluding hydrogens is 386 g/mol. The van der Waals surface area contributed by atoms with Crippen LogP contribution < -0.4 is 9.62 Å². The summed E-state index contributed by atoms with van der Waals surface area (Å²) in [5.74, 6) is 0. The smallest absolute Gasteiger partial charge is 0.410 e.